The first kappa shape index (κ1) is 10.2. The Hall–Kier alpha value is -2.34. The minimum Gasteiger partial charge on any atom is -0.397 e. The number of rotatable bonds is 2. The Morgan fingerprint density at radius 2 is 2.06 bits per heavy atom. The van der Waals surface area contributed by atoms with E-state index in [2.05, 4.69) is 11.1 Å². The standard InChI is InChI=1S/C13H11N3/c14-7-11-3-1-2-10(4-11)5-12-6-13(15)9-16-8-12/h1-4,6,8-9H,5,15H2. The van der Waals surface area contributed by atoms with Crippen molar-refractivity contribution in [3.63, 3.8) is 0 Å². The molecule has 3 heteroatoms. The molecule has 0 unspecified atom stereocenters. The first-order chi connectivity index (χ1) is 7.78. The van der Waals surface area contributed by atoms with Crippen molar-refractivity contribution in [1.29, 1.82) is 5.26 Å². The lowest BCUT2D eigenvalue weighted by atomic mass is 10.0. The van der Waals surface area contributed by atoms with Crippen molar-refractivity contribution in [3.05, 3.63) is 59.4 Å². The van der Waals surface area contributed by atoms with Crippen LogP contribution in [0.1, 0.15) is 16.7 Å². The lowest BCUT2D eigenvalue weighted by Gasteiger charge is -2.02. The third-order valence-corrected chi connectivity index (χ3v) is 2.28. The van der Waals surface area contributed by atoms with E-state index in [0.29, 0.717) is 11.3 Å². The molecule has 78 valence electrons. The van der Waals surface area contributed by atoms with E-state index in [-0.39, 0.29) is 0 Å². The van der Waals surface area contributed by atoms with Crippen LogP contribution in [0.2, 0.25) is 0 Å². The van der Waals surface area contributed by atoms with E-state index < -0.39 is 0 Å². The summed E-state index contributed by atoms with van der Waals surface area (Å²) in [6.45, 7) is 0. The molecule has 2 rings (SSSR count). The van der Waals surface area contributed by atoms with Crippen LogP contribution < -0.4 is 5.73 Å². The number of hydrogen-bond donors (Lipinski definition) is 1. The number of aromatic nitrogens is 1. The molecule has 0 amide bonds. The molecule has 0 spiro atoms. The average molecular weight is 209 g/mol. The molecule has 0 aliphatic heterocycles. The highest BCUT2D eigenvalue weighted by molar-refractivity contribution is 5.40. The number of nitriles is 1. The number of nitrogen functional groups attached to an aromatic ring is 1. The van der Waals surface area contributed by atoms with E-state index >= 15 is 0 Å². The van der Waals surface area contributed by atoms with Crippen LogP contribution >= 0.6 is 0 Å². The maximum Gasteiger partial charge on any atom is 0.0991 e. The molecule has 0 atom stereocenters. The molecule has 1 heterocycles. The second-order valence-corrected chi connectivity index (χ2v) is 3.62. The van der Waals surface area contributed by atoms with Crippen LogP contribution in [0, 0.1) is 11.3 Å². The first-order valence-corrected chi connectivity index (χ1v) is 4.96. The van der Waals surface area contributed by atoms with Gasteiger partial charge in [0.25, 0.3) is 0 Å². The van der Waals surface area contributed by atoms with Gasteiger partial charge >= 0.3 is 0 Å². The quantitative estimate of drug-likeness (QED) is 0.824. The van der Waals surface area contributed by atoms with Gasteiger partial charge in [0.15, 0.2) is 0 Å². The summed E-state index contributed by atoms with van der Waals surface area (Å²) in [5, 5.41) is 8.79. The molecule has 0 radical (unpaired) electrons. The van der Waals surface area contributed by atoms with E-state index in [1.807, 2.05) is 24.3 Å². The topological polar surface area (TPSA) is 62.7 Å². The highest BCUT2D eigenvalue weighted by atomic mass is 14.7. The molecule has 0 saturated heterocycles. The fourth-order valence-electron chi connectivity index (χ4n) is 1.59. The van der Waals surface area contributed by atoms with Crippen molar-refractivity contribution in [3.8, 4) is 6.07 Å². The zero-order valence-corrected chi connectivity index (χ0v) is 8.72. The number of anilines is 1. The summed E-state index contributed by atoms with van der Waals surface area (Å²) >= 11 is 0. The fourth-order valence-corrected chi connectivity index (χ4v) is 1.59. The molecule has 0 bridgehead atoms. The predicted molar refractivity (Wildman–Crippen MR) is 62.6 cm³/mol. The lowest BCUT2D eigenvalue weighted by Crippen LogP contribution is -1.93. The summed E-state index contributed by atoms with van der Waals surface area (Å²) in [4.78, 5) is 4.03. The Morgan fingerprint density at radius 1 is 1.19 bits per heavy atom. The van der Waals surface area contributed by atoms with Crippen molar-refractivity contribution < 1.29 is 0 Å². The lowest BCUT2D eigenvalue weighted by molar-refractivity contribution is 1.15. The number of hydrogen-bond acceptors (Lipinski definition) is 3. The van der Waals surface area contributed by atoms with Gasteiger partial charge in [-0.15, -0.1) is 0 Å². The monoisotopic (exact) mass is 209 g/mol. The minimum absolute atomic E-state index is 0.661. The second kappa shape index (κ2) is 4.45. The van der Waals surface area contributed by atoms with Crippen LogP contribution in [0.15, 0.2) is 42.7 Å². The molecule has 2 aromatic rings. The van der Waals surface area contributed by atoms with E-state index in [0.717, 1.165) is 17.5 Å². The Bertz CT molecular complexity index is 541. The van der Waals surface area contributed by atoms with Crippen LogP contribution in [0.3, 0.4) is 0 Å². The molecule has 0 aliphatic carbocycles. The Kier molecular flexibility index (Phi) is 2.84. The van der Waals surface area contributed by atoms with Gasteiger partial charge in [0.05, 0.1) is 17.3 Å². The SMILES string of the molecule is N#Cc1cccc(Cc2cncc(N)c2)c1. The van der Waals surface area contributed by atoms with Crippen molar-refractivity contribution in [2.24, 2.45) is 0 Å². The van der Waals surface area contributed by atoms with Gasteiger partial charge in [-0.3, -0.25) is 4.98 Å². The van der Waals surface area contributed by atoms with Gasteiger partial charge in [-0.25, -0.2) is 0 Å². The molecule has 16 heavy (non-hydrogen) atoms. The van der Waals surface area contributed by atoms with Crippen LogP contribution in [0.5, 0.6) is 0 Å². The first-order valence-electron chi connectivity index (χ1n) is 4.96. The van der Waals surface area contributed by atoms with Gasteiger partial charge in [0, 0.05) is 12.4 Å². The van der Waals surface area contributed by atoms with Gasteiger partial charge in [-0.2, -0.15) is 5.26 Å². The van der Waals surface area contributed by atoms with Crippen molar-refractivity contribution in [1.82, 2.24) is 4.98 Å². The summed E-state index contributed by atoms with van der Waals surface area (Å²) in [6.07, 6.45) is 4.15. The smallest absolute Gasteiger partial charge is 0.0991 e. The molecule has 0 aliphatic rings. The molecular formula is C13H11N3. The zero-order valence-electron chi connectivity index (χ0n) is 8.72. The van der Waals surface area contributed by atoms with Crippen molar-refractivity contribution in [2.75, 3.05) is 5.73 Å². The molecule has 2 N–H and O–H groups in total. The Labute approximate surface area is 94.2 Å². The van der Waals surface area contributed by atoms with Crippen LogP contribution in [-0.2, 0) is 6.42 Å². The Morgan fingerprint density at radius 3 is 2.81 bits per heavy atom. The van der Waals surface area contributed by atoms with Gasteiger partial charge in [-0.05, 0) is 35.7 Å². The average Bonchev–Trinajstić information content (AvgIpc) is 2.29. The van der Waals surface area contributed by atoms with Gasteiger partial charge in [-0.1, -0.05) is 12.1 Å². The summed E-state index contributed by atoms with van der Waals surface area (Å²) in [6, 6.07) is 11.6. The minimum atomic E-state index is 0.661. The molecule has 1 aromatic heterocycles. The van der Waals surface area contributed by atoms with E-state index in [4.69, 9.17) is 11.0 Å². The number of nitrogens with two attached hydrogens (primary N) is 1. The predicted octanol–water partition coefficient (Wildman–Crippen LogP) is 2.13. The maximum atomic E-state index is 8.79. The van der Waals surface area contributed by atoms with Gasteiger partial charge in [0.2, 0.25) is 0 Å². The number of benzene rings is 1. The van der Waals surface area contributed by atoms with E-state index in [1.165, 1.54) is 0 Å². The third-order valence-electron chi connectivity index (χ3n) is 2.28. The number of nitrogens with zero attached hydrogens (tertiary/aromatic N) is 2. The second-order valence-electron chi connectivity index (χ2n) is 3.62. The normalized spacial score (nSPS) is 9.69. The van der Waals surface area contributed by atoms with Crippen molar-refractivity contribution in [2.45, 2.75) is 6.42 Å². The summed E-state index contributed by atoms with van der Waals surface area (Å²) in [5.41, 5.74) is 9.13. The third kappa shape index (κ3) is 2.37. The molecule has 1 aromatic carbocycles. The molecule has 3 nitrogen and oxygen atoms in total. The zero-order chi connectivity index (χ0) is 11.4. The maximum absolute atomic E-state index is 8.79. The summed E-state index contributed by atoms with van der Waals surface area (Å²) in [7, 11) is 0. The van der Waals surface area contributed by atoms with Gasteiger partial charge in [0.1, 0.15) is 0 Å². The Balaban J connectivity index is 2.24. The van der Waals surface area contributed by atoms with E-state index in [1.54, 1.807) is 18.5 Å². The highest BCUT2D eigenvalue weighted by Gasteiger charge is 1.98. The number of pyridine rings is 1. The van der Waals surface area contributed by atoms with Crippen molar-refractivity contribution >= 4 is 5.69 Å². The fraction of sp³-hybridized carbons (Fsp3) is 0.0769. The molecule has 0 saturated carbocycles. The molecule has 0 fully saturated rings. The van der Waals surface area contributed by atoms with Crippen LogP contribution in [0.25, 0.3) is 0 Å². The van der Waals surface area contributed by atoms with Crippen LogP contribution in [-0.4, -0.2) is 4.98 Å². The van der Waals surface area contributed by atoms with E-state index in [9.17, 15) is 0 Å². The highest BCUT2D eigenvalue weighted by Crippen LogP contribution is 2.12. The van der Waals surface area contributed by atoms with Crippen LogP contribution in [0.4, 0.5) is 5.69 Å². The van der Waals surface area contributed by atoms with Gasteiger partial charge < -0.3 is 5.73 Å². The largest absolute Gasteiger partial charge is 0.397 e. The molecular weight excluding hydrogens is 198 g/mol. The summed E-state index contributed by atoms with van der Waals surface area (Å²) < 4.78 is 0. The summed E-state index contributed by atoms with van der Waals surface area (Å²) in [5.74, 6) is 0.